The number of aryl methyl sites for hydroxylation is 2. The molecule has 3 aliphatic rings. The van der Waals surface area contributed by atoms with Crippen molar-refractivity contribution in [2.24, 2.45) is 66.4 Å². The van der Waals surface area contributed by atoms with Crippen molar-refractivity contribution in [3.8, 4) is 17.2 Å². The predicted octanol–water partition coefficient (Wildman–Crippen LogP) is 32.8. The standard InChI is InChI=1S/C9H9NO.C8H8N2.C8H7N.C7H7N3.2C7H6N2.C7H6O2.C6H5N3.8C4H10.8C2H6/c1-7-10(2)8-5-3-4-6-9(8)11-7;1-10-6-4-7-3-2-5-9-8(7)10;1-2-4-8-7(3-1)5-6-9-8;1-10-7-3-2-4-8-6(7)5-9-10;2*1-2-5-9-6-4-8-7(9)3-1;1-2-4-7-6(3-1)8-5-9-7;1-2-4-9-6(3-1)7-5-8-9;8*1-4(2)3;8*1-2/h3-6H,1H2,2H3;2-6H,1H3;1-4,6H,5H2;2-5H,1H3;2*1-6H;1-4H,5H2;1-5H;8*4H,1-3H3;8*1-2H3. The van der Waals surface area contributed by atoms with E-state index in [1.807, 2.05) is 344 Å². The van der Waals surface area contributed by atoms with E-state index in [4.69, 9.17) is 14.2 Å². The number of fused-ring (bicyclic) bond motifs is 8. The maximum Gasteiger partial charge on any atom is 0.231 e. The van der Waals surface area contributed by atoms with Crippen molar-refractivity contribution >= 4 is 56.6 Å². The van der Waals surface area contributed by atoms with Crippen molar-refractivity contribution in [1.29, 1.82) is 0 Å². The highest BCUT2D eigenvalue weighted by Crippen LogP contribution is 2.36. The van der Waals surface area contributed by atoms with Gasteiger partial charge in [0, 0.05) is 101 Å². The van der Waals surface area contributed by atoms with Crippen LogP contribution in [0.15, 0.2) is 250 Å². The van der Waals surface area contributed by atoms with Gasteiger partial charge in [0.05, 0.1) is 23.1 Å². The van der Waals surface area contributed by atoms with Gasteiger partial charge in [-0.25, -0.2) is 24.5 Å². The van der Waals surface area contributed by atoms with Crippen LogP contribution in [0.3, 0.4) is 0 Å². The Bertz CT molecular complexity index is 3960. The molecule has 17 nitrogen and oxygen atoms in total. The van der Waals surface area contributed by atoms with Gasteiger partial charge in [-0.2, -0.15) is 10.2 Å². The first-order valence-corrected chi connectivity index (χ1v) is 46.0. The number of hydrogen-bond acceptors (Lipinski definition) is 12. The number of imidazole rings is 2. The molecule has 0 aliphatic carbocycles. The minimum Gasteiger partial charge on any atom is -0.454 e. The van der Waals surface area contributed by atoms with E-state index in [0.29, 0.717) is 12.7 Å². The second kappa shape index (κ2) is 88.9. The molecule has 13 heterocycles. The van der Waals surface area contributed by atoms with E-state index in [9.17, 15) is 0 Å². The normalized spacial score (nSPS) is 9.93. The summed E-state index contributed by atoms with van der Waals surface area (Å²) in [7, 11) is 5.84. The van der Waals surface area contributed by atoms with Crippen LogP contribution >= 0.6 is 0 Å². The summed E-state index contributed by atoms with van der Waals surface area (Å²) in [6.45, 7) is 88.1. The summed E-state index contributed by atoms with van der Waals surface area (Å²) in [4.78, 5) is 26.6. The van der Waals surface area contributed by atoms with Gasteiger partial charge < -0.3 is 32.5 Å². The summed E-state index contributed by atoms with van der Waals surface area (Å²) in [6.07, 6.45) is 25.1. The average Bonchev–Trinajstić information content (AvgIpc) is 1.68. The van der Waals surface area contributed by atoms with Crippen molar-refractivity contribution < 1.29 is 14.2 Å². The van der Waals surface area contributed by atoms with Crippen LogP contribution in [0.25, 0.3) is 39.0 Å². The van der Waals surface area contributed by atoms with Gasteiger partial charge >= 0.3 is 0 Å². The second-order valence-corrected chi connectivity index (χ2v) is 30.4. The van der Waals surface area contributed by atoms with Crippen LogP contribution in [0.2, 0.25) is 0 Å². The Hall–Kier alpha value is -10.4. The maximum absolute atomic E-state index is 5.35. The largest absolute Gasteiger partial charge is 0.454 e. The molecule has 0 radical (unpaired) electrons. The lowest BCUT2D eigenvalue weighted by Crippen LogP contribution is -2.11. The average molecular weight is 1710 g/mol. The number of pyridine rings is 5. The summed E-state index contributed by atoms with van der Waals surface area (Å²) >= 11 is 0. The van der Waals surface area contributed by atoms with Crippen LogP contribution in [0.4, 0.5) is 11.4 Å². The first-order valence-electron chi connectivity index (χ1n) is 46.0. The first kappa shape index (κ1) is 129. The Kier molecular flexibility index (Phi) is 92.6. The van der Waals surface area contributed by atoms with Crippen LogP contribution < -0.4 is 19.1 Å². The number of para-hydroxylation sites is 5. The third-order valence-corrected chi connectivity index (χ3v) is 11.6. The van der Waals surface area contributed by atoms with Crippen LogP contribution in [0, 0.1) is 47.3 Å². The quantitative estimate of drug-likeness (QED) is 0.142. The highest BCUT2D eigenvalue weighted by molar-refractivity contribution is 5.76. The molecular weight excluding hydrogens is 1530 g/mol. The lowest BCUT2D eigenvalue weighted by atomic mass is 10.2. The van der Waals surface area contributed by atoms with Gasteiger partial charge in [-0.15, -0.1) is 0 Å². The fourth-order valence-electron chi connectivity index (χ4n) is 7.62. The van der Waals surface area contributed by atoms with Gasteiger partial charge in [-0.05, 0) is 157 Å². The molecule has 13 aromatic rings. The molecule has 0 N–H and O–H groups in total. The van der Waals surface area contributed by atoms with Crippen LogP contribution in [0.5, 0.6) is 17.2 Å². The zero-order valence-corrected chi connectivity index (χ0v) is 86.7. The molecule has 0 amide bonds. The Morgan fingerprint density at radius 3 is 1.15 bits per heavy atom. The van der Waals surface area contributed by atoms with Crippen LogP contribution in [-0.2, 0) is 20.5 Å². The van der Waals surface area contributed by atoms with Gasteiger partial charge in [0.2, 0.25) is 6.79 Å². The minimum atomic E-state index is 0.360. The molecule has 17 heteroatoms. The zero-order valence-electron chi connectivity index (χ0n) is 86.7. The van der Waals surface area contributed by atoms with Crippen molar-refractivity contribution in [2.45, 2.75) is 283 Å². The summed E-state index contributed by atoms with van der Waals surface area (Å²) < 4.78 is 25.0. The fraction of sp³-hybridized carbons (Fsp3) is 0.495. The molecule has 0 bridgehead atoms. The maximum atomic E-state index is 5.35. The lowest BCUT2D eigenvalue weighted by Gasteiger charge is -2.07. The van der Waals surface area contributed by atoms with Crippen LogP contribution in [-0.4, -0.2) is 77.7 Å². The number of ether oxygens (including phenoxy) is 3. The molecule has 3 aliphatic heterocycles. The Labute approximate surface area is 760 Å². The third-order valence-electron chi connectivity index (χ3n) is 11.6. The predicted molar refractivity (Wildman–Crippen MR) is 553 cm³/mol. The number of benzene rings is 3. The molecule has 10 aromatic heterocycles. The summed E-state index contributed by atoms with van der Waals surface area (Å²) in [5.74, 6) is 9.93. The SMILES string of the molecule is C1=Nc2ccccc2C1.C=C1Oc2ccccc2N1C.CC.CC.CC.CC.CC.CC.CC.CC.CC(C)C.CC(C)C.CC(C)C.CC(C)C.CC(C)C.CC(C)C.CC(C)C.CC(C)C.Cn1ccc2cccnc21.Cn1ncc2ncccc21.c1ccc2c(c1)OCO2.c1ccn2ccnc2c1.c1ccn2ccnc2c1.c1ccn2ncnc2c1. The molecule has 0 saturated heterocycles. The molecule has 0 spiro atoms. The molecule has 124 heavy (non-hydrogen) atoms. The van der Waals surface area contributed by atoms with E-state index in [1.165, 1.54) is 17.3 Å². The van der Waals surface area contributed by atoms with Gasteiger partial charge in [0.25, 0.3) is 0 Å². The topological polar surface area (TPSA) is 157 Å². The highest BCUT2D eigenvalue weighted by Gasteiger charge is 2.19. The Morgan fingerprint density at radius 2 is 0.734 bits per heavy atom. The van der Waals surface area contributed by atoms with Gasteiger partial charge in [0.1, 0.15) is 28.8 Å². The highest BCUT2D eigenvalue weighted by atomic mass is 16.7. The third kappa shape index (κ3) is 72.1. The Balaban J connectivity index is -0.000000193. The molecule has 0 unspecified atom stereocenters. The smallest absolute Gasteiger partial charge is 0.231 e. The number of aromatic nitrogens is 12. The van der Waals surface area contributed by atoms with E-state index in [2.05, 4.69) is 231 Å². The number of anilines is 1. The summed E-state index contributed by atoms with van der Waals surface area (Å²) in [5.41, 5.74) is 9.51. The fourth-order valence-corrected chi connectivity index (χ4v) is 7.62. The molecule has 3 aromatic carbocycles. The molecule has 16 rings (SSSR count). The van der Waals surface area contributed by atoms with Crippen molar-refractivity contribution in [3.63, 3.8) is 0 Å². The first-order chi connectivity index (χ1) is 59.2. The zero-order chi connectivity index (χ0) is 96.9. The number of aliphatic imine (C=N–C) groups is 1. The van der Waals surface area contributed by atoms with E-state index in [-0.39, 0.29) is 0 Å². The van der Waals surface area contributed by atoms with Gasteiger partial charge in [0.15, 0.2) is 28.8 Å². The monoisotopic (exact) mass is 1710 g/mol. The second-order valence-electron chi connectivity index (χ2n) is 30.4. The summed E-state index contributed by atoms with van der Waals surface area (Å²) in [5, 5.41) is 9.17. The number of hydrogen-bond donors (Lipinski definition) is 0. The van der Waals surface area contributed by atoms with Gasteiger partial charge in [-0.1, -0.05) is 338 Å². The van der Waals surface area contributed by atoms with Crippen molar-refractivity contribution in [3.05, 3.63) is 250 Å². The molecule has 698 valence electrons. The van der Waals surface area contributed by atoms with E-state index < -0.39 is 0 Å². The number of nitrogens with zero attached hydrogens (tertiary/aromatic N) is 14. The Morgan fingerprint density at radius 1 is 0.347 bits per heavy atom. The van der Waals surface area contributed by atoms with E-state index >= 15 is 0 Å². The molecular formula is C107H182N14O3. The van der Waals surface area contributed by atoms with E-state index in [1.54, 1.807) is 29.3 Å². The summed E-state index contributed by atoms with van der Waals surface area (Å²) in [6, 6.07) is 51.3. The van der Waals surface area contributed by atoms with Crippen molar-refractivity contribution in [2.75, 3.05) is 18.7 Å². The molecule has 0 atom stereocenters. The lowest BCUT2D eigenvalue weighted by molar-refractivity contribution is 0.174. The minimum absolute atomic E-state index is 0.360. The van der Waals surface area contributed by atoms with Crippen molar-refractivity contribution in [1.82, 2.24) is 57.7 Å². The van der Waals surface area contributed by atoms with Crippen LogP contribution in [0.1, 0.15) is 283 Å². The number of rotatable bonds is 0. The van der Waals surface area contributed by atoms with Gasteiger partial charge in [-0.3, -0.25) is 14.7 Å². The molecule has 0 fully saturated rings. The van der Waals surface area contributed by atoms with E-state index in [0.717, 1.165) is 116 Å². The molecule has 0 saturated carbocycles.